The first-order valence-electron chi connectivity index (χ1n) is 10.6. The number of hydrogen-bond donors (Lipinski definition) is 0. The minimum Gasteiger partial charge on any atom is -0.206 e. The lowest BCUT2D eigenvalue weighted by Crippen LogP contribution is -2.14. The highest BCUT2D eigenvalue weighted by atomic mass is 19.1. The molecule has 0 N–H and O–H groups in total. The third kappa shape index (κ3) is 4.43. The van der Waals surface area contributed by atoms with E-state index in [4.69, 9.17) is 0 Å². The molecule has 3 aromatic carbocycles. The Morgan fingerprint density at radius 3 is 2.34 bits per heavy atom. The summed E-state index contributed by atoms with van der Waals surface area (Å²) < 4.78 is 15.3. The predicted molar refractivity (Wildman–Crippen MR) is 121 cm³/mol. The largest absolute Gasteiger partial charge is 0.206 e. The van der Waals surface area contributed by atoms with E-state index in [2.05, 4.69) is 43.5 Å². The zero-order valence-electron chi connectivity index (χ0n) is 17.0. The Labute approximate surface area is 173 Å². The standard InChI is InChI=1S/C28H27F/c1-3-4-21-11-14-24(15-12-21)26-18-16-25-19-23(13-17-27(25)28(26)29)10-9-22-7-5-20(2)6-8-22/h3,5-8,13,16-19,21,24H,1,4,11-12,14-15H2,2H3. The smallest absolute Gasteiger partial charge is 0.134 e. The average Bonchev–Trinajstić information content (AvgIpc) is 2.74. The van der Waals surface area contributed by atoms with Crippen LogP contribution in [-0.2, 0) is 0 Å². The minimum absolute atomic E-state index is 0.0484. The molecule has 1 heteroatoms. The van der Waals surface area contributed by atoms with Crippen LogP contribution in [0.25, 0.3) is 10.8 Å². The fourth-order valence-electron chi connectivity index (χ4n) is 4.43. The Balaban J connectivity index is 1.56. The highest BCUT2D eigenvalue weighted by Crippen LogP contribution is 2.39. The molecule has 3 aromatic rings. The monoisotopic (exact) mass is 382 g/mol. The lowest BCUT2D eigenvalue weighted by Gasteiger charge is -2.28. The molecule has 1 aliphatic rings. The number of hydrogen-bond acceptors (Lipinski definition) is 0. The summed E-state index contributed by atoms with van der Waals surface area (Å²) in [4.78, 5) is 0. The highest BCUT2D eigenvalue weighted by molar-refractivity contribution is 5.85. The van der Waals surface area contributed by atoms with Crippen LogP contribution in [0.2, 0.25) is 0 Å². The van der Waals surface area contributed by atoms with Gasteiger partial charge in [0.2, 0.25) is 0 Å². The number of halogens is 1. The van der Waals surface area contributed by atoms with Crippen molar-refractivity contribution < 1.29 is 4.39 Å². The first kappa shape index (κ1) is 19.5. The Kier molecular flexibility index (Phi) is 5.81. The molecule has 0 amide bonds. The van der Waals surface area contributed by atoms with Gasteiger partial charge in [-0.2, -0.15) is 0 Å². The van der Waals surface area contributed by atoms with Crippen molar-refractivity contribution in [2.75, 3.05) is 0 Å². The number of rotatable bonds is 3. The molecule has 1 fully saturated rings. The van der Waals surface area contributed by atoms with Crippen molar-refractivity contribution in [3.63, 3.8) is 0 Å². The second-order valence-electron chi connectivity index (χ2n) is 8.26. The van der Waals surface area contributed by atoms with Crippen molar-refractivity contribution in [2.45, 2.75) is 44.9 Å². The summed E-state index contributed by atoms with van der Waals surface area (Å²) in [5, 5.41) is 1.62. The van der Waals surface area contributed by atoms with Crippen molar-refractivity contribution in [1.29, 1.82) is 0 Å². The van der Waals surface area contributed by atoms with Gasteiger partial charge in [0.1, 0.15) is 5.82 Å². The van der Waals surface area contributed by atoms with Gasteiger partial charge >= 0.3 is 0 Å². The molecule has 146 valence electrons. The van der Waals surface area contributed by atoms with Gasteiger partial charge in [0.25, 0.3) is 0 Å². The summed E-state index contributed by atoms with van der Waals surface area (Å²) in [5.41, 5.74) is 4.01. The van der Waals surface area contributed by atoms with Crippen LogP contribution in [0.1, 0.15) is 60.3 Å². The van der Waals surface area contributed by atoms with Crippen LogP contribution < -0.4 is 0 Å². The molecule has 0 aromatic heterocycles. The predicted octanol–water partition coefficient (Wildman–Crippen LogP) is 7.54. The number of fused-ring (bicyclic) bond motifs is 1. The van der Waals surface area contributed by atoms with E-state index in [1.54, 1.807) is 0 Å². The van der Waals surface area contributed by atoms with E-state index in [0.717, 1.165) is 47.3 Å². The molecule has 0 saturated heterocycles. The number of allylic oxidation sites excluding steroid dienone is 1. The topological polar surface area (TPSA) is 0 Å². The van der Waals surface area contributed by atoms with Gasteiger partial charge in [-0.25, -0.2) is 4.39 Å². The Morgan fingerprint density at radius 2 is 1.62 bits per heavy atom. The SMILES string of the molecule is C=CCC1CCC(c2ccc3cc(C#Cc4ccc(C)cc4)ccc3c2F)CC1. The van der Waals surface area contributed by atoms with Gasteiger partial charge in [0, 0.05) is 16.5 Å². The summed E-state index contributed by atoms with van der Waals surface area (Å²) in [6.07, 6.45) is 7.58. The van der Waals surface area contributed by atoms with E-state index in [1.807, 2.05) is 42.5 Å². The molecule has 0 radical (unpaired) electrons. The molecule has 0 unspecified atom stereocenters. The molecule has 4 rings (SSSR count). The first-order valence-corrected chi connectivity index (χ1v) is 10.6. The summed E-state index contributed by atoms with van der Waals surface area (Å²) in [6.45, 7) is 5.92. The van der Waals surface area contributed by atoms with E-state index < -0.39 is 0 Å². The zero-order valence-corrected chi connectivity index (χ0v) is 17.0. The van der Waals surface area contributed by atoms with Crippen LogP contribution in [0.4, 0.5) is 4.39 Å². The fourth-order valence-corrected chi connectivity index (χ4v) is 4.43. The zero-order chi connectivity index (χ0) is 20.2. The maximum atomic E-state index is 15.3. The molecule has 1 aliphatic carbocycles. The maximum absolute atomic E-state index is 15.3. The summed E-state index contributed by atoms with van der Waals surface area (Å²) >= 11 is 0. The van der Waals surface area contributed by atoms with Crippen molar-refractivity contribution in [1.82, 2.24) is 0 Å². The van der Waals surface area contributed by atoms with Gasteiger partial charge in [0.05, 0.1) is 0 Å². The van der Waals surface area contributed by atoms with Crippen LogP contribution in [0.3, 0.4) is 0 Å². The minimum atomic E-state index is -0.0484. The van der Waals surface area contributed by atoms with E-state index in [0.29, 0.717) is 11.3 Å². The van der Waals surface area contributed by atoms with E-state index in [-0.39, 0.29) is 5.82 Å². The van der Waals surface area contributed by atoms with Crippen LogP contribution in [0.5, 0.6) is 0 Å². The lowest BCUT2D eigenvalue weighted by molar-refractivity contribution is 0.324. The normalized spacial score (nSPS) is 18.8. The third-order valence-electron chi connectivity index (χ3n) is 6.17. The van der Waals surface area contributed by atoms with Crippen LogP contribution in [-0.4, -0.2) is 0 Å². The average molecular weight is 383 g/mol. The van der Waals surface area contributed by atoms with E-state index in [1.165, 1.54) is 18.4 Å². The number of aryl methyl sites for hydroxylation is 1. The quantitative estimate of drug-likeness (QED) is 0.324. The molecule has 0 aliphatic heterocycles. The third-order valence-corrected chi connectivity index (χ3v) is 6.17. The molecular weight excluding hydrogens is 355 g/mol. The Hall–Kier alpha value is -2.85. The lowest BCUT2D eigenvalue weighted by atomic mass is 9.77. The van der Waals surface area contributed by atoms with Gasteiger partial charge in [-0.15, -0.1) is 6.58 Å². The van der Waals surface area contributed by atoms with Crippen molar-refractivity contribution in [2.24, 2.45) is 5.92 Å². The highest BCUT2D eigenvalue weighted by Gasteiger charge is 2.24. The molecular formula is C28H27F. The molecule has 0 heterocycles. The van der Waals surface area contributed by atoms with E-state index in [9.17, 15) is 0 Å². The second-order valence-corrected chi connectivity index (χ2v) is 8.26. The number of benzene rings is 3. The second kappa shape index (κ2) is 8.66. The van der Waals surface area contributed by atoms with Gasteiger partial charge in [-0.3, -0.25) is 0 Å². The molecule has 0 bridgehead atoms. The molecule has 0 nitrogen and oxygen atoms in total. The summed E-state index contributed by atoms with van der Waals surface area (Å²) in [5.74, 6) is 7.41. The van der Waals surface area contributed by atoms with Crippen molar-refractivity contribution in [3.8, 4) is 11.8 Å². The van der Waals surface area contributed by atoms with Gasteiger partial charge < -0.3 is 0 Å². The van der Waals surface area contributed by atoms with E-state index >= 15 is 4.39 Å². The fraction of sp³-hybridized carbons (Fsp3) is 0.286. The van der Waals surface area contributed by atoms with Gasteiger partial charge in [0.15, 0.2) is 0 Å². The first-order chi connectivity index (χ1) is 14.1. The Morgan fingerprint density at radius 1 is 0.931 bits per heavy atom. The molecule has 1 saturated carbocycles. The molecule has 29 heavy (non-hydrogen) atoms. The summed E-state index contributed by atoms with van der Waals surface area (Å²) in [6, 6.07) is 18.0. The van der Waals surface area contributed by atoms with Crippen molar-refractivity contribution in [3.05, 3.63) is 95.3 Å². The van der Waals surface area contributed by atoms with Gasteiger partial charge in [-0.1, -0.05) is 53.8 Å². The van der Waals surface area contributed by atoms with Crippen LogP contribution >= 0.6 is 0 Å². The van der Waals surface area contributed by atoms with Crippen molar-refractivity contribution >= 4 is 10.8 Å². The van der Waals surface area contributed by atoms with Crippen LogP contribution in [0, 0.1) is 30.5 Å². The van der Waals surface area contributed by atoms with Crippen LogP contribution in [0.15, 0.2) is 67.3 Å². The molecule has 0 atom stereocenters. The van der Waals surface area contributed by atoms with Gasteiger partial charge in [-0.05, 0) is 86.1 Å². The summed E-state index contributed by atoms with van der Waals surface area (Å²) in [7, 11) is 0. The molecule has 0 spiro atoms. The Bertz CT molecular complexity index is 1070. The maximum Gasteiger partial charge on any atom is 0.134 e.